The molecule has 0 saturated heterocycles. The highest BCUT2D eigenvalue weighted by molar-refractivity contribution is 7.13. The Morgan fingerprint density at radius 3 is 2.63 bits per heavy atom. The molecule has 5 aromatic rings. The van der Waals surface area contributed by atoms with E-state index in [0.29, 0.717) is 12.2 Å². The molecule has 0 radical (unpaired) electrons. The van der Waals surface area contributed by atoms with Gasteiger partial charge in [-0.2, -0.15) is 5.10 Å². The molecule has 1 unspecified atom stereocenters. The molecule has 2 aromatic heterocycles. The van der Waals surface area contributed by atoms with E-state index in [1.54, 1.807) is 24.6 Å². The second-order valence-corrected chi connectivity index (χ2v) is 10.4. The van der Waals surface area contributed by atoms with Crippen LogP contribution in [0.5, 0.6) is 0 Å². The van der Waals surface area contributed by atoms with Crippen molar-refractivity contribution in [2.75, 3.05) is 11.9 Å². The zero-order valence-corrected chi connectivity index (χ0v) is 22.4. The van der Waals surface area contributed by atoms with E-state index in [4.69, 9.17) is 4.74 Å². The van der Waals surface area contributed by atoms with Crippen LogP contribution < -0.4 is 5.32 Å². The van der Waals surface area contributed by atoms with E-state index in [2.05, 4.69) is 83.5 Å². The van der Waals surface area contributed by atoms with Gasteiger partial charge in [0.15, 0.2) is 0 Å². The first-order valence-electron chi connectivity index (χ1n) is 12.4. The molecule has 38 heavy (non-hydrogen) atoms. The Morgan fingerprint density at radius 1 is 1.08 bits per heavy atom. The van der Waals surface area contributed by atoms with E-state index in [0.717, 1.165) is 33.0 Å². The standard InChI is InChI=1S/C30H29N5O2S/c1-5-37-28(36)23-12-9-13-25(17-23)35-26-15-14-22(16-24(26)18-32-35)27(21-10-7-6-8-11-21)30(3,4)20(2)33-29-34-31-19-38-29/h6-19,27H,2,5H2,1,3-4H3,(H,33,34). The molecular weight excluding hydrogens is 494 g/mol. The molecule has 3 aromatic carbocycles. The van der Waals surface area contributed by atoms with Crippen molar-refractivity contribution in [2.24, 2.45) is 5.41 Å². The fourth-order valence-electron chi connectivity index (χ4n) is 4.78. The lowest BCUT2D eigenvalue weighted by Crippen LogP contribution is -2.28. The third-order valence-corrected chi connectivity index (χ3v) is 7.38. The molecule has 0 aliphatic carbocycles. The van der Waals surface area contributed by atoms with Crippen LogP contribution in [0, 0.1) is 5.41 Å². The summed E-state index contributed by atoms with van der Waals surface area (Å²) >= 11 is 1.44. The normalized spacial score (nSPS) is 12.3. The highest BCUT2D eigenvalue weighted by Crippen LogP contribution is 2.46. The molecule has 0 aliphatic rings. The summed E-state index contributed by atoms with van der Waals surface area (Å²) < 4.78 is 7.02. The lowest BCUT2D eigenvalue weighted by molar-refractivity contribution is 0.0526. The number of benzene rings is 3. The van der Waals surface area contributed by atoms with E-state index < -0.39 is 0 Å². The van der Waals surface area contributed by atoms with Crippen LogP contribution in [0.2, 0.25) is 0 Å². The minimum Gasteiger partial charge on any atom is -0.462 e. The maximum absolute atomic E-state index is 12.3. The largest absolute Gasteiger partial charge is 0.462 e. The number of fused-ring (bicyclic) bond motifs is 1. The SMILES string of the molecule is C=C(Nc1nncs1)C(C)(C)C(c1ccccc1)c1ccc2c(cnn2-c2cccc(C(=O)OCC)c2)c1. The molecule has 192 valence electrons. The quantitative estimate of drug-likeness (QED) is 0.213. The molecule has 0 bridgehead atoms. The number of allylic oxidation sites excluding steroid dienone is 1. The van der Waals surface area contributed by atoms with Gasteiger partial charge in [-0.3, -0.25) is 0 Å². The molecule has 8 heteroatoms. The fraction of sp³-hybridized carbons (Fsp3) is 0.200. The number of ether oxygens (including phenoxy) is 1. The van der Waals surface area contributed by atoms with Crippen LogP contribution in [0.25, 0.3) is 16.6 Å². The van der Waals surface area contributed by atoms with Crippen LogP contribution in [0.4, 0.5) is 5.13 Å². The molecule has 0 aliphatic heterocycles. The molecule has 0 amide bonds. The summed E-state index contributed by atoms with van der Waals surface area (Å²) in [7, 11) is 0. The van der Waals surface area contributed by atoms with Gasteiger partial charge in [0.2, 0.25) is 5.13 Å². The zero-order valence-electron chi connectivity index (χ0n) is 21.6. The lowest BCUT2D eigenvalue weighted by Gasteiger charge is -2.37. The molecular formula is C30H29N5O2S. The summed E-state index contributed by atoms with van der Waals surface area (Å²) in [6.07, 6.45) is 1.86. The lowest BCUT2D eigenvalue weighted by atomic mass is 9.69. The first-order chi connectivity index (χ1) is 18.4. The third kappa shape index (κ3) is 4.95. The number of aromatic nitrogens is 4. The molecule has 0 saturated carbocycles. The molecule has 0 fully saturated rings. The van der Waals surface area contributed by atoms with Gasteiger partial charge in [-0.1, -0.05) is 74.2 Å². The maximum atomic E-state index is 12.3. The first kappa shape index (κ1) is 25.4. The number of nitrogens with one attached hydrogen (secondary N) is 1. The number of hydrogen-bond acceptors (Lipinski definition) is 7. The number of carbonyl (C=O) groups is 1. The molecule has 5 rings (SSSR count). The van der Waals surface area contributed by atoms with Gasteiger partial charge in [-0.15, -0.1) is 10.2 Å². The van der Waals surface area contributed by atoms with Crippen molar-refractivity contribution in [1.82, 2.24) is 20.0 Å². The average Bonchev–Trinajstić information content (AvgIpc) is 3.59. The zero-order chi connectivity index (χ0) is 26.7. The molecule has 2 heterocycles. The number of carbonyl (C=O) groups excluding carboxylic acids is 1. The van der Waals surface area contributed by atoms with Crippen LogP contribution >= 0.6 is 11.3 Å². The van der Waals surface area contributed by atoms with E-state index in [-0.39, 0.29) is 17.3 Å². The Kier molecular flexibility index (Phi) is 7.07. The van der Waals surface area contributed by atoms with E-state index >= 15 is 0 Å². The maximum Gasteiger partial charge on any atom is 0.338 e. The topological polar surface area (TPSA) is 81.9 Å². The molecule has 1 atom stereocenters. The Hall–Kier alpha value is -4.30. The number of rotatable bonds is 9. The van der Waals surface area contributed by atoms with Gasteiger partial charge in [-0.05, 0) is 48.4 Å². The Bertz CT molecular complexity index is 1580. The average molecular weight is 524 g/mol. The Balaban J connectivity index is 1.54. The summed E-state index contributed by atoms with van der Waals surface area (Å²) in [6, 6.07) is 24.2. The summed E-state index contributed by atoms with van der Waals surface area (Å²) in [5.41, 5.74) is 6.76. The van der Waals surface area contributed by atoms with Gasteiger partial charge in [0.05, 0.1) is 29.6 Å². The fourth-order valence-corrected chi connectivity index (χ4v) is 5.25. The van der Waals surface area contributed by atoms with Crippen molar-refractivity contribution < 1.29 is 9.53 Å². The van der Waals surface area contributed by atoms with E-state index in [1.165, 1.54) is 16.9 Å². The third-order valence-electron chi connectivity index (χ3n) is 6.78. The summed E-state index contributed by atoms with van der Waals surface area (Å²) in [5.74, 6) is -0.333. The van der Waals surface area contributed by atoms with Gasteiger partial charge in [0, 0.05) is 22.4 Å². The number of hydrogen-bond donors (Lipinski definition) is 1. The minimum absolute atomic E-state index is 0.0107. The van der Waals surface area contributed by atoms with Gasteiger partial charge in [-0.25, -0.2) is 9.48 Å². The highest BCUT2D eigenvalue weighted by Gasteiger charge is 2.35. The van der Waals surface area contributed by atoms with Gasteiger partial charge in [0.25, 0.3) is 0 Å². The van der Waals surface area contributed by atoms with Crippen molar-refractivity contribution in [1.29, 1.82) is 0 Å². The first-order valence-corrected chi connectivity index (χ1v) is 13.3. The van der Waals surface area contributed by atoms with Crippen LogP contribution in [0.3, 0.4) is 0 Å². The molecule has 0 spiro atoms. The monoisotopic (exact) mass is 523 g/mol. The number of anilines is 1. The summed E-state index contributed by atoms with van der Waals surface area (Å²) in [5, 5.41) is 17.8. The van der Waals surface area contributed by atoms with Gasteiger partial charge >= 0.3 is 5.97 Å². The van der Waals surface area contributed by atoms with Crippen LogP contribution in [-0.4, -0.2) is 32.6 Å². The van der Waals surface area contributed by atoms with Crippen molar-refractivity contribution in [3.8, 4) is 5.69 Å². The van der Waals surface area contributed by atoms with Crippen molar-refractivity contribution in [3.05, 3.63) is 113 Å². The predicted octanol–water partition coefficient (Wildman–Crippen LogP) is 6.84. The Morgan fingerprint density at radius 2 is 1.89 bits per heavy atom. The van der Waals surface area contributed by atoms with Crippen molar-refractivity contribution >= 4 is 33.3 Å². The Labute approximate surface area is 225 Å². The highest BCUT2D eigenvalue weighted by atomic mass is 32.1. The predicted molar refractivity (Wildman–Crippen MR) is 152 cm³/mol. The molecule has 1 N–H and O–H groups in total. The van der Waals surface area contributed by atoms with Gasteiger partial charge in [0.1, 0.15) is 5.51 Å². The van der Waals surface area contributed by atoms with Crippen molar-refractivity contribution in [3.63, 3.8) is 0 Å². The van der Waals surface area contributed by atoms with Crippen LogP contribution in [0.1, 0.15) is 48.2 Å². The van der Waals surface area contributed by atoms with Crippen molar-refractivity contribution in [2.45, 2.75) is 26.7 Å². The number of esters is 1. The smallest absolute Gasteiger partial charge is 0.338 e. The van der Waals surface area contributed by atoms with E-state index in [1.807, 2.05) is 29.1 Å². The summed E-state index contributed by atoms with van der Waals surface area (Å²) in [4.78, 5) is 12.3. The minimum atomic E-state index is -0.370. The number of nitrogens with zero attached hydrogens (tertiary/aromatic N) is 4. The van der Waals surface area contributed by atoms with Crippen LogP contribution in [0.15, 0.2) is 96.8 Å². The second kappa shape index (κ2) is 10.6. The molecule has 7 nitrogen and oxygen atoms in total. The van der Waals surface area contributed by atoms with E-state index in [9.17, 15) is 4.79 Å². The second-order valence-electron chi connectivity index (χ2n) is 9.56. The summed E-state index contributed by atoms with van der Waals surface area (Å²) in [6.45, 7) is 10.9. The van der Waals surface area contributed by atoms with Gasteiger partial charge < -0.3 is 10.1 Å². The van der Waals surface area contributed by atoms with Crippen LogP contribution in [-0.2, 0) is 4.74 Å².